The van der Waals surface area contributed by atoms with Crippen molar-refractivity contribution in [3.05, 3.63) is 40.6 Å². The van der Waals surface area contributed by atoms with E-state index in [1.54, 1.807) is 0 Å². The molecule has 0 radical (unpaired) electrons. The topological polar surface area (TPSA) is 33.2 Å². The zero-order valence-electron chi connectivity index (χ0n) is 10.7. The van der Waals surface area contributed by atoms with Gasteiger partial charge in [0.1, 0.15) is 0 Å². The number of aryl methyl sites for hydroxylation is 1. The number of rotatable bonds is 1. The Balaban J connectivity index is 2.37. The van der Waals surface area contributed by atoms with Crippen LogP contribution in [-0.2, 0) is 13.0 Å². The van der Waals surface area contributed by atoms with Crippen LogP contribution in [0.1, 0.15) is 27.2 Å². The van der Waals surface area contributed by atoms with Gasteiger partial charge in [-0.2, -0.15) is 0 Å². The molecule has 2 aromatic rings. The number of carbonyl (C=O) groups is 1. The molecule has 0 aliphatic carbocycles. The maximum atomic E-state index is 11.5. The molecule has 92 valence electrons. The number of pyridine rings is 1. The summed E-state index contributed by atoms with van der Waals surface area (Å²) in [6, 6.07) is 6.03. The largest absolute Gasteiger partial charge is 0.302 e. The zero-order chi connectivity index (χ0) is 12.7. The molecule has 0 saturated carbocycles. The standard InChI is InChI=1S/C15H16N2O/c1-10-4-3-5-11-13(9-18)12-8-17(2)7-6-14(12)16-15(10)11/h3-5,9H,6-8H2,1-2H3. The first kappa shape index (κ1) is 11.4. The number of hydrogen-bond acceptors (Lipinski definition) is 3. The van der Waals surface area contributed by atoms with Crippen molar-refractivity contribution in [3.63, 3.8) is 0 Å². The number of hydrogen-bond donors (Lipinski definition) is 0. The summed E-state index contributed by atoms with van der Waals surface area (Å²) < 4.78 is 0. The molecule has 18 heavy (non-hydrogen) atoms. The van der Waals surface area contributed by atoms with Gasteiger partial charge in [0.15, 0.2) is 6.29 Å². The summed E-state index contributed by atoms with van der Waals surface area (Å²) in [5.74, 6) is 0. The van der Waals surface area contributed by atoms with E-state index in [1.165, 1.54) is 0 Å². The lowest BCUT2D eigenvalue weighted by Crippen LogP contribution is -2.28. The van der Waals surface area contributed by atoms with Crippen molar-refractivity contribution in [2.24, 2.45) is 0 Å². The van der Waals surface area contributed by atoms with Gasteiger partial charge in [0.25, 0.3) is 0 Å². The summed E-state index contributed by atoms with van der Waals surface area (Å²) in [5.41, 5.74) is 5.14. The fraction of sp³-hybridized carbons (Fsp3) is 0.333. The second kappa shape index (κ2) is 4.18. The van der Waals surface area contributed by atoms with Gasteiger partial charge in [0.05, 0.1) is 5.52 Å². The van der Waals surface area contributed by atoms with Gasteiger partial charge in [-0.3, -0.25) is 9.78 Å². The predicted molar refractivity (Wildman–Crippen MR) is 71.9 cm³/mol. The summed E-state index contributed by atoms with van der Waals surface area (Å²) in [7, 11) is 2.08. The Kier molecular flexibility index (Phi) is 2.63. The number of benzene rings is 1. The van der Waals surface area contributed by atoms with E-state index in [1.807, 2.05) is 25.1 Å². The van der Waals surface area contributed by atoms with E-state index in [0.29, 0.717) is 0 Å². The van der Waals surface area contributed by atoms with Crippen molar-refractivity contribution in [2.45, 2.75) is 19.9 Å². The molecule has 3 nitrogen and oxygen atoms in total. The summed E-state index contributed by atoms with van der Waals surface area (Å²) >= 11 is 0. The van der Waals surface area contributed by atoms with Crippen molar-refractivity contribution in [3.8, 4) is 0 Å². The third-order valence-electron chi connectivity index (χ3n) is 3.72. The van der Waals surface area contributed by atoms with E-state index in [0.717, 1.165) is 59.1 Å². The lowest BCUT2D eigenvalue weighted by molar-refractivity contribution is 0.112. The van der Waals surface area contributed by atoms with Gasteiger partial charge in [-0.1, -0.05) is 18.2 Å². The van der Waals surface area contributed by atoms with Gasteiger partial charge in [-0.05, 0) is 25.1 Å². The maximum absolute atomic E-state index is 11.5. The van der Waals surface area contributed by atoms with Crippen LogP contribution in [0.25, 0.3) is 10.9 Å². The second-order valence-corrected chi connectivity index (χ2v) is 5.03. The molecule has 1 aliphatic heterocycles. The molecule has 3 heteroatoms. The van der Waals surface area contributed by atoms with Gasteiger partial charge in [-0.15, -0.1) is 0 Å². The minimum absolute atomic E-state index is 0.820. The predicted octanol–water partition coefficient (Wildman–Crippen LogP) is 2.34. The number of nitrogens with zero attached hydrogens (tertiary/aromatic N) is 2. The second-order valence-electron chi connectivity index (χ2n) is 5.03. The van der Waals surface area contributed by atoms with Crippen LogP contribution in [0.3, 0.4) is 0 Å². The third-order valence-corrected chi connectivity index (χ3v) is 3.72. The molecule has 2 heterocycles. The highest BCUT2D eigenvalue weighted by molar-refractivity contribution is 5.99. The number of likely N-dealkylation sites (N-methyl/N-ethyl adjacent to an activating group) is 1. The van der Waals surface area contributed by atoms with E-state index in [9.17, 15) is 4.79 Å². The molecule has 3 rings (SSSR count). The van der Waals surface area contributed by atoms with Crippen molar-refractivity contribution in [1.82, 2.24) is 9.88 Å². The van der Waals surface area contributed by atoms with Gasteiger partial charge in [0, 0.05) is 36.2 Å². The van der Waals surface area contributed by atoms with Crippen LogP contribution in [0, 0.1) is 6.92 Å². The minimum Gasteiger partial charge on any atom is -0.302 e. The quantitative estimate of drug-likeness (QED) is 0.717. The van der Waals surface area contributed by atoms with Crippen LogP contribution in [-0.4, -0.2) is 29.8 Å². The summed E-state index contributed by atoms with van der Waals surface area (Å²) in [6.07, 6.45) is 1.92. The van der Waals surface area contributed by atoms with Gasteiger partial charge >= 0.3 is 0 Å². The van der Waals surface area contributed by atoms with Gasteiger partial charge < -0.3 is 4.90 Å². The third kappa shape index (κ3) is 1.63. The monoisotopic (exact) mass is 240 g/mol. The zero-order valence-corrected chi connectivity index (χ0v) is 10.7. The number of para-hydroxylation sites is 1. The Morgan fingerprint density at radius 3 is 3.00 bits per heavy atom. The minimum atomic E-state index is 0.820. The van der Waals surface area contributed by atoms with E-state index in [2.05, 4.69) is 11.9 Å². The molecule has 1 aromatic heterocycles. The normalized spacial score (nSPS) is 15.7. The summed E-state index contributed by atoms with van der Waals surface area (Å²) in [6.45, 7) is 3.88. The van der Waals surface area contributed by atoms with Crippen molar-refractivity contribution in [1.29, 1.82) is 0 Å². The smallest absolute Gasteiger partial charge is 0.151 e. The molecule has 0 unspecified atom stereocenters. The van der Waals surface area contributed by atoms with Crippen LogP contribution in [0.2, 0.25) is 0 Å². The van der Waals surface area contributed by atoms with Crippen molar-refractivity contribution in [2.75, 3.05) is 13.6 Å². The molecule has 1 aliphatic rings. The Labute approximate surface area is 106 Å². The SMILES string of the molecule is Cc1cccc2c(C=O)c3c(nc12)CCN(C)C3. The molecular weight excluding hydrogens is 224 g/mol. The number of aromatic nitrogens is 1. The highest BCUT2D eigenvalue weighted by atomic mass is 16.1. The Morgan fingerprint density at radius 1 is 1.39 bits per heavy atom. The van der Waals surface area contributed by atoms with Crippen LogP contribution in [0.15, 0.2) is 18.2 Å². The molecule has 0 atom stereocenters. The van der Waals surface area contributed by atoms with Crippen LogP contribution in [0.4, 0.5) is 0 Å². The first-order valence-electron chi connectivity index (χ1n) is 6.25. The van der Waals surface area contributed by atoms with Crippen LogP contribution in [0.5, 0.6) is 0 Å². The molecule has 0 N–H and O–H groups in total. The molecule has 0 saturated heterocycles. The molecule has 1 aromatic carbocycles. The fourth-order valence-corrected chi connectivity index (χ4v) is 2.71. The summed E-state index contributed by atoms with van der Waals surface area (Å²) in [4.78, 5) is 18.5. The average Bonchev–Trinajstić information content (AvgIpc) is 2.37. The highest BCUT2D eigenvalue weighted by Gasteiger charge is 2.20. The van der Waals surface area contributed by atoms with Gasteiger partial charge in [-0.25, -0.2) is 0 Å². The molecule has 0 bridgehead atoms. The molecular formula is C15H16N2O. The lowest BCUT2D eigenvalue weighted by Gasteiger charge is -2.26. The van der Waals surface area contributed by atoms with Crippen molar-refractivity contribution >= 4 is 17.2 Å². The van der Waals surface area contributed by atoms with E-state index < -0.39 is 0 Å². The number of aldehydes is 1. The first-order valence-corrected chi connectivity index (χ1v) is 6.25. The number of carbonyl (C=O) groups excluding carboxylic acids is 1. The van der Waals surface area contributed by atoms with E-state index in [-0.39, 0.29) is 0 Å². The molecule has 0 amide bonds. The van der Waals surface area contributed by atoms with Gasteiger partial charge in [0.2, 0.25) is 0 Å². The molecule has 0 spiro atoms. The van der Waals surface area contributed by atoms with E-state index in [4.69, 9.17) is 4.98 Å². The maximum Gasteiger partial charge on any atom is 0.151 e. The highest BCUT2D eigenvalue weighted by Crippen LogP contribution is 2.27. The van der Waals surface area contributed by atoms with Crippen LogP contribution >= 0.6 is 0 Å². The summed E-state index contributed by atoms with van der Waals surface area (Å²) in [5, 5.41) is 0.985. The Hall–Kier alpha value is -1.74. The molecule has 0 fully saturated rings. The van der Waals surface area contributed by atoms with Crippen LogP contribution < -0.4 is 0 Å². The lowest BCUT2D eigenvalue weighted by atomic mass is 9.95. The van der Waals surface area contributed by atoms with E-state index >= 15 is 0 Å². The Morgan fingerprint density at radius 2 is 2.22 bits per heavy atom. The Bertz CT molecular complexity index is 634. The average molecular weight is 240 g/mol. The first-order chi connectivity index (χ1) is 8.70. The number of fused-ring (bicyclic) bond motifs is 2. The van der Waals surface area contributed by atoms with Crippen molar-refractivity contribution < 1.29 is 4.79 Å². The fourth-order valence-electron chi connectivity index (χ4n) is 2.71.